The van der Waals surface area contributed by atoms with Crippen LogP contribution < -0.4 is 5.32 Å². The summed E-state index contributed by atoms with van der Waals surface area (Å²) in [4.78, 5) is 24.1. The average Bonchev–Trinajstić information content (AvgIpc) is 3.27. The molecule has 10 nitrogen and oxygen atoms in total. The summed E-state index contributed by atoms with van der Waals surface area (Å²) in [5.74, 6) is -0.953. The zero-order valence-corrected chi connectivity index (χ0v) is 13.4. The maximum Gasteiger partial charge on any atom is 0.338 e. The summed E-state index contributed by atoms with van der Waals surface area (Å²) in [6.45, 7) is 3.19. The number of benzene rings is 1. The third kappa shape index (κ3) is 3.86. The van der Waals surface area contributed by atoms with Crippen molar-refractivity contribution in [3.63, 3.8) is 0 Å². The first kappa shape index (κ1) is 16.3. The highest BCUT2D eigenvalue weighted by atomic mass is 16.5. The highest BCUT2D eigenvalue weighted by molar-refractivity contribution is 5.96. The van der Waals surface area contributed by atoms with Crippen LogP contribution in [0.1, 0.15) is 23.0 Å². The molecular weight excluding hydrogens is 328 g/mol. The van der Waals surface area contributed by atoms with Crippen molar-refractivity contribution in [3.05, 3.63) is 47.9 Å². The van der Waals surface area contributed by atoms with Crippen LogP contribution in [-0.4, -0.2) is 43.3 Å². The monoisotopic (exact) mass is 342 g/mol. The molecule has 0 aliphatic rings. The van der Waals surface area contributed by atoms with Crippen molar-refractivity contribution in [2.75, 3.05) is 5.32 Å². The summed E-state index contributed by atoms with van der Waals surface area (Å²) in [7, 11) is 0. The molecule has 1 N–H and O–H groups in total. The molecule has 0 spiro atoms. The van der Waals surface area contributed by atoms with Crippen molar-refractivity contribution in [2.24, 2.45) is 0 Å². The van der Waals surface area contributed by atoms with Crippen molar-refractivity contribution < 1.29 is 18.8 Å². The molecule has 25 heavy (non-hydrogen) atoms. The second-order valence-corrected chi connectivity index (χ2v) is 5.17. The Bertz CT molecular complexity index is 872. The van der Waals surface area contributed by atoms with Gasteiger partial charge in [-0.05, 0) is 48.5 Å². The highest BCUT2D eigenvalue weighted by Gasteiger charge is 2.20. The molecule has 3 rings (SSSR count). The van der Waals surface area contributed by atoms with Crippen LogP contribution in [0.25, 0.3) is 5.69 Å². The Morgan fingerprint density at radius 1 is 1.28 bits per heavy atom. The van der Waals surface area contributed by atoms with Gasteiger partial charge in [-0.2, -0.15) is 0 Å². The minimum atomic E-state index is -1.00. The van der Waals surface area contributed by atoms with E-state index in [9.17, 15) is 9.59 Å². The first-order valence-electron chi connectivity index (χ1n) is 7.31. The normalized spacial score (nSPS) is 11.8. The summed E-state index contributed by atoms with van der Waals surface area (Å²) in [5, 5.41) is 16.9. The lowest BCUT2D eigenvalue weighted by atomic mass is 10.2. The van der Waals surface area contributed by atoms with Crippen molar-refractivity contribution in [1.29, 1.82) is 0 Å². The number of amides is 1. The molecule has 0 fully saturated rings. The molecule has 1 amide bonds. The quantitative estimate of drug-likeness (QED) is 0.684. The summed E-state index contributed by atoms with van der Waals surface area (Å²) in [5.41, 5.74) is 1.61. The summed E-state index contributed by atoms with van der Waals surface area (Å²) < 4.78 is 11.5. The Kier molecular flexibility index (Phi) is 4.50. The van der Waals surface area contributed by atoms with E-state index < -0.39 is 18.0 Å². The second kappa shape index (κ2) is 6.91. The third-order valence-electron chi connectivity index (χ3n) is 3.24. The van der Waals surface area contributed by atoms with E-state index in [0.29, 0.717) is 16.9 Å². The number of rotatable bonds is 5. The Morgan fingerprint density at radius 2 is 2.04 bits per heavy atom. The Labute approximate surface area is 141 Å². The lowest BCUT2D eigenvalue weighted by Gasteiger charge is -2.12. The van der Waals surface area contributed by atoms with Crippen LogP contribution in [-0.2, 0) is 9.53 Å². The van der Waals surface area contributed by atoms with Gasteiger partial charge in [-0.3, -0.25) is 10.1 Å². The molecule has 0 saturated heterocycles. The fourth-order valence-corrected chi connectivity index (χ4v) is 1.96. The van der Waals surface area contributed by atoms with Gasteiger partial charge in [-0.15, -0.1) is 5.10 Å². The number of ether oxygens (including phenoxy) is 1. The maximum atomic E-state index is 12.1. The van der Waals surface area contributed by atoms with E-state index >= 15 is 0 Å². The zero-order valence-electron chi connectivity index (χ0n) is 13.4. The number of hydrogen-bond acceptors (Lipinski definition) is 8. The fraction of sp³-hybridized carbons (Fsp3) is 0.200. The number of anilines is 1. The third-order valence-corrected chi connectivity index (χ3v) is 3.24. The van der Waals surface area contributed by atoms with Crippen LogP contribution in [0.4, 0.5) is 5.88 Å². The van der Waals surface area contributed by atoms with Gasteiger partial charge >= 0.3 is 5.97 Å². The molecule has 0 unspecified atom stereocenters. The summed E-state index contributed by atoms with van der Waals surface area (Å²) in [6.07, 6.45) is 0.433. The lowest BCUT2D eigenvalue weighted by molar-refractivity contribution is -0.123. The van der Waals surface area contributed by atoms with Gasteiger partial charge in [0.25, 0.3) is 5.91 Å². The van der Waals surface area contributed by atoms with Gasteiger partial charge in [-0.25, -0.2) is 9.48 Å². The second-order valence-electron chi connectivity index (χ2n) is 5.17. The number of aromatic nitrogens is 5. The van der Waals surface area contributed by atoms with E-state index in [2.05, 4.69) is 26.0 Å². The SMILES string of the molecule is Cc1cc(NC(=O)[C@@H](C)OC(=O)c2ccc(-n3cnnn3)cc2)on1. The van der Waals surface area contributed by atoms with Crippen molar-refractivity contribution in [3.8, 4) is 5.69 Å². The molecule has 128 valence electrons. The van der Waals surface area contributed by atoms with Crippen LogP contribution in [0.3, 0.4) is 0 Å². The lowest BCUT2D eigenvalue weighted by Crippen LogP contribution is -2.29. The largest absolute Gasteiger partial charge is 0.449 e. The Morgan fingerprint density at radius 3 is 2.64 bits per heavy atom. The van der Waals surface area contributed by atoms with Gasteiger partial charge in [0.15, 0.2) is 6.10 Å². The topological polar surface area (TPSA) is 125 Å². The molecule has 1 aromatic carbocycles. The molecule has 0 bridgehead atoms. The molecule has 3 aromatic rings. The number of tetrazole rings is 1. The van der Waals surface area contributed by atoms with E-state index in [1.54, 1.807) is 37.3 Å². The molecule has 10 heteroatoms. The number of nitrogens with zero attached hydrogens (tertiary/aromatic N) is 5. The molecule has 2 heterocycles. The number of esters is 1. The number of nitrogens with one attached hydrogen (secondary N) is 1. The zero-order chi connectivity index (χ0) is 17.8. The minimum Gasteiger partial charge on any atom is -0.449 e. The minimum absolute atomic E-state index is 0.191. The number of hydrogen-bond donors (Lipinski definition) is 1. The van der Waals surface area contributed by atoms with Crippen LogP contribution in [0.15, 0.2) is 41.2 Å². The van der Waals surface area contributed by atoms with Gasteiger partial charge in [-0.1, -0.05) is 5.16 Å². The van der Waals surface area contributed by atoms with Gasteiger partial charge in [0.2, 0.25) is 5.88 Å². The highest BCUT2D eigenvalue weighted by Crippen LogP contribution is 2.12. The predicted molar refractivity (Wildman–Crippen MR) is 83.9 cm³/mol. The van der Waals surface area contributed by atoms with E-state index in [-0.39, 0.29) is 5.88 Å². The standard InChI is InChI=1S/C15H14N6O4/c1-9-7-13(25-18-9)17-14(22)10(2)24-15(23)11-3-5-12(6-4-11)21-8-16-19-20-21/h3-8,10H,1-2H3,(H,17,22)/t10-/m1/s1. The molecule has 0 aliphatic heterocycles. The van der Waals surface area contributed by atoms with Gasteiger partial charge in [0.1, 0.15) is 6.33 Å². The van der Waals surface area contributed by atoms with E-state index in [4.69, 9.17) is 9.26 Å². The van der Waals surface area contributed by atoms with Crippen molar-refractivity contribution in [1.82, 2.24) is 25.4 Å². The summed E-state index contributed by atoms with van der Waals surface area (Å²) >= 11 is 0. The molecule has 0 aliphatic carbocycles. The number of carbonyl (C=O) groups excluding carboxylic acids is 2. The smallest absolute Gasteiger partial charge is 0.338 e. The molecule has 0 radical (unpaired) electrons. The fourth-order valence-electron chi connectivity index (χ4n) is 1.96. The molecule has 2 aromatic heterocycles. The predicted octanol–water partition coefficient (Wildman–Crippen LogP) is 1.14. The van der Waals surface area contributed by atoms with E-state index in [0.717, 1.165) is 0 Å². The number of carbonyl (C=O) groups is 2. The van der Waals surface area contributed by atoms with E-state index in [1.807, 2.05) is 0 Å². The van der Waals surface area contributed by atoms with Gasteiger partial charge in [0.05, 0.1) is 16.9 Å². The van der Waals surface area contributed by atoms with Gasteiger partial charge in [0, 0.05) is 6.07 Å². The summed E-state index contributed by atoms with van der Waals surface area (Å²) in [6, 6.07) is 8.00. The van der Waals surface area contributed by atoms with Crippen LogP contribution in [0.5, 0.6) is 0 Å². The van der Waals surface area contributed by atoms with E-state index in [1.165, 1.54) is 17.9 Å². The van der Waals surface area contributed by atoms with Crippen LogP contribution in [0.2, 0.25) is 0 Å². The molecular formula is C15H14N6O4. The maximum absolute atomic E-state index is 12.1. The Balaban J connectivity index is 1.60. The first-order chi connectivity index (χ1) is 12.0. The Hall–Kier alpha value is -3.56. The van der Waals surface area contributed by atoms with Crippen LogP contribution in [0, 0.1) is 6.92 Å². The molecule has 0 saturated carbocycles. The molecule has 1 atom stereocenters. The first-order valence-corrected chi connectivity index (χ1v) is 7.31. The number of aryl methyl sites for hydroxylation is 1. The van der Waals surface area contributed by atoms with Crippen molar-refractivity contribution >= 4 is 17.8 Å². The van der Waals surface area contributed by atoms with Gasteiger partial charge < -0.3 is 9.26 Å². The van der Waals surface area contributed by atoms with Crippen molar-refractivity contribution in [2.45, 2.75) is 20.0 Å². The van der Waals surface area contributed by atoms with Crippen LogP contribution >= 0.6 is 0 Å². The average molecular weight is 342 g/mol.